The Labute approximate surface area is 98.1 Å². The fourth-order valence-corrected chi connectivity index (χ4v) is 1.40. The molecular formula is C12H12N2O3. The summed E-state index contributed by atoms with van der Waals surface area (Å²) in [5.41, 5.74) is 1.83. The number of nitrogens with one attached hydrogen (secondary N) is 1. The minimum Gasteiger partial charge on any atom is -0.508 e. The number of phenols is 1. The first kappa shape index (κ1) is 11.2. The summed E-state index contributed by atoms with van der Waals surface area (Å²) in [6, 6.07) is 6.39. The van der Waals surface area contributed by atoms with Crippen LogP contribution in [-0.2, 0) is 6.54 Å². The van der Waals surface area contributed by atoms with E-state index in [0.717, 1.165) is 0 Å². The van der Waals surface area contributed by atoms with E-state index in [1.165, 1.54) is 12.3 Å². The molecule has 0 fully saturated rings. The van der Waals surface area contributed by atoms with E-state index in [1.807, 2.05) is 0 Å². The SMILES string of the molecule is Cc1cc(C(=O)NCc2ccon2)ccc1O. The van der Waals surface area contributed by atoms with Crippen molar-refractivity contribution in [1.82, 2.24) is 10.5 Å². The summed E-state index contributed by atoms with van der Waals surface area (Å²) < 4.78 is 4.65. The summed E-state index contributed by atoms with van der Waals surface area (Å²) in [5, 5.41) is 15.7. The second-order valence-corrected chi connectivity index (χ2v) is 3.67. The number of benzene rings is 1. The lowest BCUT2D eigenvalue weighted by Crippen LogP contribution is -2.22. The molecule has 0 aliphatic heterocycles. The normalized spacial score (nSPS) is 10.2. The molecule has 17 heavy (non-hydrogen) atoms. The predicted octanol–water partition coefficient (Wildman–Crippen LogP) is 1.62. The molecule has 2 rings (SSSR count). The average Bonchev–Trinajstić information content (AvgIpc) is 2.82. The molecular weight excluding hydrogens is 220 g/mol. The maximum Gasteiger partial charge on any atom is 0.251 e. The number of aromatic hydroxyl groups is 1. The monoisotopic (exact) mass is 232 g/mol. The summed E-state index contributed by atoms with van der Waals surface area (Å²) in [6.07, 6.45) is 1.45. The van der Waals surface area contributed by atoms with Gasteiger partial charge in [0.25, 0.3) is 5.91 Å². The lowest BCUT2D eigenvalue weighted by Gasteiger charge is -2.05. The number of hydrogen-bond donors (Lipinski definition) is 2. The van der Waals surface area contributed by atoms with Gasteiger partial charge in [-0.05, 0) is 30.7 Å². The molecule has 0 unspecified atom stereocenters. The van der Waals surface area contributed by atoms with E-state index >= 15 is 0 Å². The van der Waals surface area contributed by atoms with E-state index in [4.69, 9.17) is 0 Å². The standard InChI is InChI=1S/C12H12N2O3/c1-8-6-9(2-3-11(8)15)12(16)13-7-10-4-5-17-14-10/h2-6,15H,7H2,1H3,(H,13,16). The molecule has 0 saturated heterocycles. The van der Waals surface area contributed by atoms with E-state index in [-0.39, 0.29) is 11.7 Å². The molecule has 2 N–H and O–H groups in total. The lowest BCUT2D eigenvalue weighted by atomic mass is 10.1. The fraction of sp³-hybridized carbons (Fsp3) is 0.167. The van der Waals surface area contributed by atoms with Crippen molar-refractivity contribution in [3.63, 3.8) is 0 Å². The molecule has 0 bridgehead atoms. The molecule has 0 atom stereocenters. The number of hydrogen-bond acceptors (Lipinski definition) is 4. The van der Waals surface area contributed by atoms with Gasteiger partial charge in [-0.3, -0.25) is 4.79 Å². The van der Waals surface area contributed by atoms with Crippen LogP contribution in [0.4, 0.5) is 0 Å². The van der Waals surface area contributed by atoms with Crippen LogP contribution >= 0.6 is 0 Å². The van der Waals surface area contributed by atoms with Crippen LogP contribution in [0.3, 0.4) is 0 Å². The number of aromatic nitrogens is 1. The van der Waals surface area contributed by atoms with Gasteiger partial charge in [0.2, 0.25) is 0 Å². The Morgan fingerprint density at radius 2 is 2.29 bits per heavy atom. The Morgan fingerprint density at radius 1 is 1.47 bits per heavy atom. The second-order valence-electron chi connectivity index (χ2n) is 3.67. The van der Waals surface area contributed by atoms with Gasteiger partial charge in [0, 0.05) is 11.6 Å². The Morgan fingerprint density at radius 3 is 2.94 bits per heavy atom. The average molecular weight is 232 g/mol. The summed E-state index contributed by atoms with van der Waals surface area (Å²) in [6.45, 7) is 2.05. The van der Waals surface area contributed by atoms with Gasteiger partial charge < -0.3 is 14.9 Å². The molecule has 2 aromatic rings. The van der Waals surface area contributed by atoms with Crippen LogP contribution in [0.25, 0.3) is 0 Å². The van der Waals surface area contributed by atoms with Gasteiger partial charge in [0.15, 0.2) is 0 Å². The zero-order valence-corrected chi connectivity index (χ0v) is 9.30. The van der Waals surface area contributed by atoms with Gasteiger partial charge in [0.05, 0.1) is 6.54 Å². The van der Waals surface area contributed by atoms with Crippen LogP contribution in [0.15, 0.2) is 35.1 Å². The van der Waals surface area contributed by atoms with Crippen molar-refractivity contribution in [2.75, 3.05) is 0 Å². The highest BCUT2D eigenvalue weighted by molar-refractivity contribution is 5.94. The molecule has 5 nitrogen and oxygen atoms in total. The maximum absolute atomic E-state index is 11.8. The molecule has 0 saturated carbocycles. The minimum absolute atomic E-state index is 0.179. The van der Waals surface area contributed by atoms with Gasteiger partial charge in [-0.25, -0.2) is 0 Å². The summed E-state index contributed by atoms with van der Waals surface area (Å²) >= 11 is 0. The van der Waals surface area contributed by atoms with Crippen molar-refractivity contribution in [2.24, 2.45) is 0 Å². The maximum atomic E-state index is 11.8. The number of carbonyl (C=O) groups is 1. The summed E-state index contributed by atoms with van der Waals surface area (Å²) in [5.74, 6) is -0.0332. The van der Waals surface area contributed by atoms with Gasteiger partial charge >= 0.3 is 0 Å². The van der Waals surface area contributed by atoms with Gasteiger partial charge in [0.1, 0.15) is 17.7 Å². The third-order valence-electron chi connectivity index (χ3n) is 2.38. The van der Waals surface area contributed by atoms with E-state index in [1.54, 1.807) is 25.1 Å². The van der Waals surface area contributed by atoms with Crippen molar-refractivity contribution in [3.05, 3.63) is 47.3 Å². The van der Waals surface area contributed by atoms with Gasteiger partial charge in [-0.1, -0.05) is 5.16 Å². The number of aryl methyl sites for hydroxylation is 1. The van der Waals surface area contributed by atoms with Crippen molar-refractivity contribution in [3.8, 4) is 5.75 Å². The van der Waals surface area contributed by atoms with Gasteiger partial charge in [-0.15, -0.1) is 0 Å². The number of amides is 1. The highest BCUT2D eigenvalue weighted by Crippen LogP contribution is 2.16. The van der Waals surface area contributed by atoms with E-state index < -0.39 is 0 Å². The highest BCUT2D eigenvalue weighted by Gasteiger charge is 2.07. The zero-order valence-electron chi connectivity index (χ0n) is 9.30. The smallest absolute Gasteiger partial charge is 0.251 e. The first-order valence-electron chi connectivity index (χ1n) is 5.14. The van der Waals surface area contributed by atoms with Crippen LogP contribution in [0.5, 0.6) is 5.75 Å². The highest BCUT2D eigenvalue weighted by atomic mass is 16.5. The molecule has 0 spiro atoms. The third kappa shape index (κ3) is 2.63. The van der Waals surface area contributed by atoms with Crippen molar-refractivity contribution >= 4 is 5.91 Å². The Kier molecular flexibility index (Phi) is 3.09. The van der Waals surface area contributed by atoms with E-state index in [0.29, 0.717) is 23.4 Å². The molecule has 1 aromatic heterocycles. The molecule has 5 heteroatoms. The molecule has 1 heterocycles. The molecule has 0 aliphatic carbocycles. The predicted molar refractivity (Wildman–Crippen MR) is 60.5 cm³/mol. The number of nitrogens with zero attached hydrogens (tertiary/aromatic N) is 1. The minimum atomic E-state index is -0.212. The quantitative estimate of drug-likeness (QED) is 0.843. The molecule has 0 radical (unpaired) electrons. The lowest BCUT2D eigenvalue weighted by molar-refractivity contribution is 0.0950. The third-order valence-corrected chi connectivity index (χ3v) is 2.38. The number of phenolic OH excluding ortho intramolecular Hbond substituents is 1. The number of carbonyl (C=O) groups excluding carboxylic acids is 1. The van der Waals surface area contributed by atoms with Crippen LogP contribution in [0.2, 0.25) is 0 Å². The Hall–Kier alpha value is -2.30. The topological polar surface area (TPSA) is 75.4 Å². The first-order valence-corrected chi connectivity index (χ1v) is 5.14. The van der Waals surface area contributed by atoms with Crippen molar-refractivity contribution < 1.29 is 14.4 Å². The van der Waals surface area contributed by atoms with E-state index in [2.05, 4.69) is 15.0 Å². The molecule has 0 aliphatic rings. The Balaban J connectivity index is 2.02. The molecule has 1 aromatic carbocycles. The molecule has 88 valence electrons. The van der Waals surface area contributed by atoms with Crippen LogP contribution < -0.4 is 5.32 Å². The van der Waals surface area contributed by atoms with Crippen molar-refractivity contribution in [2.45, 2.75) is 13.5 Å². The fourth-order valence-electron chi connectivity index (χ4n) is 1.40. The zero-order chi connectivity index (χ0) is 12.3. The molecule has 1 amide bonds. The summed E-state index contributed by atoms with van der Waals surface area (Å²) in [4.78, 5) is 11.8. The van der Waals surface area contributed by atoms with E-state index in [9.17, 15) is 9.90 Å². The largest absolute Gasteiger partial charge is 0.508 e. The summed E-state index contributed by atoms with van der Waals surface area (Å²) in [7, 11) is 0. The van der Waals surface area contributed by atoms with Crippen LogP contribution in [-0.4, -0.2) is 16.2 Å². The van der Waals surface area contributed by atoms with Crippen LogP contribution in [0, 0.1) is 6.92 Å². The first-order chi connectivity index (χ1) is 8.16. The Bertz CT molecular complexity index is 521. The van der Waals surface area contributed by atoms with Gasteiger partial charge in [-0.2, -0.15) is 0 Å². The van der Waals surface area contributed by atoms with Crippen LogP contribution in [0.1, 0.15) is 21.6 Å². The van der Waals surface area contributed by atoms with Crippen molar-refractivity contribution in [1.29, 1.82) is 0 Å². The number of rotatable bonds is 3. The second kappa shape index (κ2) is 4.69.